The Morgan fingerprint density at radius 3 is 2.67 bits per heavy atom. The molecule has 0 radical (unpaired) electrons. The van der Waals surface area contributed by atoms with Gasteiger partial charge in [0.25, 0.3) is 0 Å². The van der Waals surface area contributed by atoms with Gasteiger partial charge in [0.15, 0.2) is 5.82 Å². The monoisotopic (exact) mass is 286 g/mol. The van der Waals surface area contributed by atoms with Crippen LogP contribution < -0.4 is 4.74 Å². The lowest BCUT2D eigenvalue weighted by Gasteiger charge is -2.11. The molecular weight excluding hydrogens is 268 g/mol. The standard InChI is InChI=1S/C16H18N2O3/c1-19-13-4-2-12(3-5-13)16(7-8-16)15-17-14(18-21-15)11-6-9-20-10-11/h2-5,11H,6-10H2,1H3. The average molecular weight is 286 g/mol. The fraction of sp³-hybridized carbons (Fsp3) is 0.500. The van der Waals surface area contributed by atoms with E-state index in [0.717, 1.165) is 43.3 Å². The molecule has 0 amide bonds. The van der Waals surface area contributed by atoms with Crippen molar-refractivity contribution in [1.82, 2.24) is 10.1 Å². The molecule has 1 aromatic carbocycles. The topological polar surface area (TPSA) is 57.4 Å². The summed E-state index contributed by atoms with van der Waals surface area (Å²) < 4.78 is 16.2. The van der Waals surface area contributed by atoms with Gasteiger partial charge in [-0.05, 0) is 37.0 Å². The summed E-state index contributed by atoms with van der Waals surface area (Å²) in [7, 11) is 1.68. The highest BCUT2D eigenvalue weighted by Crippen LogP contribution is 2.53. The fourth-order valence-electron chi connectivity index (χ4n) is 2.99. The van der Waals surface area contributed by atoms with Gasteiger partial charge in [-0.2, -0.15) is 4.98 Å². The Balaban J connectivity index is 1.62. The molecule has 1 saturated carbocycles. The molecule has 1 aliphatic heterocycles. The van der Waals surface area contributed by atoms with Crippen LogP contribution in [-0.4, -0.2) is 30.5 Å². The van der Waals surface area contributed by atoms with E-state index in [1.54, 1.807) is 7.11 Å². The first-order valence-electron chi connectivity index (χ1n) is 7.38. The number of ether oxygens (including phenoxy) is 2. The molecule has 5 nitrogen and oxygen atoms in total. The summed E-state index contributed by atoms with van der Waals surface area (Å²) in [5.41, 5.74) is 1.14. The highest BCUT2D eigenvalue weighted by atomic mass is 16.5. The molecule has 4 rings (SSSR count). The number of nitrogens with zero attached hydrogens (tertiary/aromatic N) is 2. The third kappa shape index (κ3) is 2.12. The molecule has 2 aromatic rings. The summed E-state index contributed by atoms with van der Waals surface area (Å²) in [5, 5.41) is 4.17. The number of rotatable bonds is 4. The molecule has 2 fully saturated rings. The maximum atomic E-state index is 5.57. The van der Waals surface area contributed by atoms with Gasteiger partial charge in [0.2, 0.25) is 5.89 Å². The summed E-state index contributed by atoms with van der Waals surface area (Å²) in [6.07, 6.45) is 3.10. The van der Waals surface area contributed by atoms with E-state index in [1.165, 1.54) is 5.56 Å². The van der Waals surface area contributed by atoms with Crippen molar-refractivity contribution in [2.75, 3.05) is 20.3 Å². The molecule has 1 atom stereocenters. The van der Waals surface area contributed by atoms with Crippen molar-refractivity contribution < 1.29 is 14.0 Å². The van der Waals surface area contributed by atoms with Crippen LogP contribution in [0.15, 0.2) is 28.8 Å². The molecule has 1 aromatic heterocycles. The SMILES string of the molecule is COc1ccc(C2(c3nc(C4CCOC4)no3)CC2)cc1. The Kier molecular flexibility index (Phi) is 2.96. The first-order valence-corrected chi connectivity index (χ1v) is 7.38. The largest absolute Gasteiger partial charge is 0.497 e. The van der Waals surface area contributed by atoms with Crippen molar-refractivity contribution in [3.05, 3.63) is 41.5 Å². The van der Waals surface area contributed by atoms with Gasteiger partial charge in [0.1, 0.15) is 5.75 Å². The van der Waals surface area contributed by atoms with Crippen molar-refractivity contribution in [3.8, 4) is 5.75 Å². The fourth-order valence-corrected chi connectivity index (χ4v) is 2.99. The van der Waals surface area contributed by atoms with Crippen LogP contribution in [0.2, 0.25) is 0 Å². The summed E-state index contributed by atoms with van der Waals surface area (Å²) >= 11 is 0. The number of aromatic nitrogens is 2. The second-order valence-corrected chi connectivity index (χ2v) is 5.83. The highest BCUT2D eigenvalue weighted by molar-refractivity contribution is 5.41. The number of benzene rings is 1. The first kappa shape index (κ1) is 12.8. The third-order valence-corrected chi connectivity index (χ3v) is 4.54. The molecular formula is C16H18N2O3. The van der Waals surface area contributed by atoms with E-state index in [0.29, 0.717) is 6.61 Å². The summed E-state index contributed by atoms with van der Waals surface area (Å²) in [6.45, 7) is 1.49. The van der Waals surface area contributed by atoms with Crippen LogP contribution in [0.1, 0.15) is 42.5 Å². The zero-order chi connectivity index (χ0) is 14.3. The lowest BCUT2D eigenvalue weighted by atomic mass is 9.96. The summed E-state index contributed by atoms with van der Waals surface area (Å²) in [5.74, 6) is 2.69. The Morgan fingerprint density at radius 2 is 2.05 bits per heavy atom. The summed E-state index contributed by atoms with van der Waals surface area (Å²) in [4.78, 5) is 4.66. The zero-order valence-corrected chi connectivity index (χ0v) is 12.0. The third-order valence-electron chi connectivity index (χ3n) is 4.54. The molecule has 0 bridgehead atoms. The maximum absolute atomic E-state index is 5.57. The Morgan fingerprint density at radius 1 is 1.24 bits per heavy atom. The first-order chi connectivity index (χ1) is 10.3. The molecule has 0 N–H and O–H groups in total. The lowest BCUT2D eigenvalue weighted by molar-refractivity contribution is 0.192. The zero-order valence-electron chi connectivity index (χ0n) is 12.0. The van der Waals surface area contributed by atoms with Gasteiger partial charge in [0.05, 0.1) is 19.1 Å². The second kappa shape index (κ2) is 4.84. The quantitative estimate of drug-likeness (QED) is 0.865. The normalized spacial score (nSPS) is 23.2. The van der Waals surface area contributed by atoms with Crippen LogP contribution in [0.3, 0.4) is 0 Å². The van der Waals surface area contributed by atoms with Gasteiger partial charge in [-0.3, -0.25) is 0 Å². The van der Waals surface area contributed by atoms with Crippen molar-refractivity contribution in [2.24, 2.45) is 0 Å². The molecule has 21 heavy (non-hydrogen) atoms. The van der Waals surface area contributed by atoms with Crippen LogP contribution in [0, 0.1) is 0 Å². The minimum atomic E-state index is -0.0863. The average Bonchev–Trinajstić information content (AvgIpc) is 2.95. The summed E-state index contributed by atoms with van der Waals surface area (Å²) in [6, 6.07) is 8.15. The minimum Gasteiger partial charge on any atom is -0.497 e. The van der Waals surface area contributed by atoms with Gasteiger partial charge >= 0.3 is 0 Å². The Hall–Kier alpha value is -1.88. The van der Waals surface area contributed by atoms with Crippen molar-refractivity contribution in [3.63, 3.8) is 0 Å². The number of hydrogen-bond acceptors (Lipinski definition) is 5. The van der Waals surface area contributed by atoms with Crippen LogP contribution in [0.25, 0.3) is 0 Å². The van der Waals surface area contributed by atoms with E-state index in [9.17, 15) is 0 Å². The van der Waals surface area contributed by atoms with E-state index in [4.69, 9.17) is 14.0 Å². The van der Waals surface area contributed by atoms with Crippen LogP contribution in [0.4, 0.5) is 0 Å². The molecule has 5 heteroatoms. The molecule has 0 spiro atoms. The molecule has 1 unspecified atom stereocenters. The van der Waals surface area contributed by atoms with E-state index in [1.807, 2.05) is 12.1 Å². The van der Waals surface area contributed by atoms with E-state index >= 15 is 0 Å². The van der Waals surface area contributed by atoms with Crippen LogP contribution >= 0.6 is 0 Å². The molecule has 2 heterocycles. The van der Waals surface area contributed by atoms with E-state index in [2.05, 4.69) is 22.3 Å². The predicted molar refractivity (Wildman–Crippen MR) is 75.5 cm³/mol. The maximum Gasteiger partial charge on any atom is 0.237 e. The van der Waals surface area contributed by atoms with E-state index in [-0.39, 0.29) is 11.3 Å². The molecule has 1 aliphatic carbocycles. The van der Waals surface area contributed by atoms with Gasteiger partial charge < -0.3 is 14.0 Å². The van der Waals surface area contributed by atoms with Gasteiger partial charge in [-0.15, -0.1) is 0 Å². The molecule has 110 valence electrons. The highest BCUT2D eigenvalue weighted by Gasteiger charge is 2.51. The van der Waals surface area contributed by atoms with Gasteiger partial charge in [0, 0.05) is 12.5 Å². The predicted octanol–water partition coefficient (Wildman–Crippen LogP) is 2.66. The smallest absolute Gasteiger partial charge is 0.237 e. The molecule has 1 saturated heterocycles. The van der Waals surface area contributed by atoms with Crippen molar-refractivity contribution in [1.29, 1.82) is 0 Å². The minimum absolute atomic E-state index is 0.0863. The molecule has 2 aliphatic rings. The second-order valence-electron chi connectivity index (χ2n) is 5.83. The Bertz CT molecular complexity index is 625. The number of methoxy groups -OCH3 is 1. The number of hydrogen-bond donors (Lipinski definition) is 0. The Labute approximate surface area is 123 Å². The van der Waals surface area contributed by atoms with Gasteiger partial charge in [-0.1, -0.05) is 17.3 Å². The van der Waals surface area contributed by atoms with Crippen LogP contribution in [0.5, 0.6) is 5.75 Å². The van der Waals surface area contributed by atoms with Gasteiger partial charge in [-0.25, -0.2) is 0 Å². The van der Waals surface area contributed by atoms with Crippen molar-refractivity contribution >= 4 is 0 Å². The lowest BCUT2D eigenvalue weighted by Crippen LogP contribution is -2.10. The van der Waals surface area contributed by atoms with Crippen LogP contribution in [-0.2, 0) is 10.2 Å². The van der Waals surface area contributed by atoms with Crippen molar-refractivity contribution in [2.45, 2.75) is 30.6 Å². The van der Waals surface area contributed by atoms with E-state index < -0.39 is 0 Å².